The van der Waals surface area contributed by atoms with Crippen molar-refractivity contribution in [2.75, 3.05) is 0 Å². The maximum atomic E-state index is 6.68. The van der Waals surface area contributed by atoms with Crippen LogP contribution in [0.2, 0.25) is 0 Å². The number of aromatic nitrogens is 2. The Hall–Kier alpha value is -7.36. The molecule has 55 heavy (non-hydrogen) atoms. The molecule has 2 aromatic heterocycles. The number of rotatable bonds is 5. The molecule has 11 rings (SSSR count). The van der Waals surface area contributed by atoms with Crippen LogP contribution < -0.4 is 0 Å². The van der Waals surface area contributed by atoms with Gasteiger partial charge in [-0.25, -0.2) is 4.98 Å². The van der Waals surface area contributed by atoms with Gasteiger partial charge in [-0.2, -0.15) is 0 Å². The van der Waals surface area contributed by atoms with E-state index in [-0.39, 0.29) is 0 Å². The number of furan rings is 1. The van der Waals surface area contributed by atoms with Gasteiger partial charge in [0.1, 0.15) is 11.2 Å². The lowest BCUT2D eigenvalue weighted by Crippen LogP contribution is -1.92. The van der Waals surface area contributed by atoms with Crippen LogP contribution in [-0.2, 0) is 0 Å². The van der Waals surface area contributed by atoms with Gasteiger partial charge in [0, 0.05) is 38.2 Å². The van der Waals surface area contributed by atoms with E-state index >= 15 is 0 Å². The molecule has 0 atom stereocenters. The molecule has 0 aliphatic rings. The van der Waals surface area contributed by atoms with E-state index in [1.807, 2.05) is 12.3 Å². The predicted octanol–water partition coefficient (Wildman–Crippen LogP) is 14.2. The Morgan fingerprint density at radius 2 is 0.745 bits per heavy atom. The molecule has 3 heteroatoms. The minimum absolute atomic E-state index is 0.864. The Labute approximate surface area is 317 Å². The summed E-state index contributed by atoms with van der Waals surface area (Å²) in [5, 5.41) is 6.91. The van der Waals surface area contributed by atoms with Gasteiger partial charge in [-0.05, 0) is 50.2 Å². The number of nitrogens with zero attached hydrogens (tertiary/aromatic N) is 2. The van der Waals surface area contributed by atoms with Crippen molar-refractivity contribution < 1.29 is 4.42 Å². The average molecular weight is 701 g/mol. The van der Waals surface area contributed by atoms with Gasteiger partial charge in [-0.1, -0.05) is 182 Å². The van der Waals surface area contributed by atoms with Gasteiger partial charge in [0.2, 0.25) is 0 Å². The van der Waals surface area contributed by atoms with Crippen LogP contribution in [0.15, 0.2) is 199 Å². The van der Waals surface area contributed by atoms with Gasteiger partial charge in [0.15, 0.2) is 0 Å². The van der Waals surface area contributed by atoms with E-state index in [1.165, 1.54) is 16.3 Å². The maximum absolute atomic E-state index is 6.68. The molecule has 0 aliphatic heterocycles. The van der Waals surface area contributed by atoms with Crippen molar-refractivity contribution in [2.45, 2.75) is 0 Å². The van der Waals surface area contributed by atoms with E-state index in [0.717, 1.165) is 93.9 Å². The number of hydrogen-bond acceptors (Lipinski definition) is 3. The first kappa shape index (κ1) is 31.2. The zero-order valence-corrected chi connectivity index (χ0v) is 29.8. The summed E-state index contributed by atoms with van der Waals surface area (Å²) in [7, 11) is 0. The van der Waals surface area contributed by atoms with Crippen LogP contribution in [0.1, 0.15) is 0 Å². The number of fused-ring (bicyclic) bond motifs is 9. The molecular formula is C52H32N2O. The zero-order chi connectivity index (χ0) is 36.3. The molecule has 9 aromatic carbocycles. The minimum atomic E-state index is 0.864. The second-order valence-electron chi connectivity index (χ2n) is 14.1. The highest BCUT2D eigenvalue weighted by Gasteiger charge is 2.16. The topological polar surface area (TPSA) is 38.9 Å². The normalized spacial score (nSPS) is 11.6. The molecule has 0 saturated carbocycles. The Morgan fingerprint density at radius 1 is 0.309 bits per heavy atom. The van der Waals surface area contributed by atoms with Crippen LogP contribution >= 0.6 is 0 Å². The van der Waals surface area contributed by atoms with Gasteiger partial charge < -0.3 is 4.42 Å². The van der Waals surface area contributed by atoms with Crippen molar-refractivity contribution >= 4 is 54.5 Å². The molecule has 0 amide bonds. The molecule has 256 valence electrons. The molecular weight excluding hydrogens is 669 g/mol. The lowest BCUT2D eigenvalue weighted by atomic mass is 9.96. The van der Waals surface area contributed by atoms with Crippen LogP contribution in [-0.4, -0.2) is 9.97 Å². The van der Waals surface area contributed by atoms with Crippen molar-refractivity contribution in [3.63, 3.8) is 0 Å². The first-order chi connectivity index (χ1) is 27.3. The quantitative estimate of drug-likeness (QED) is 0.168. The standard InChI is InChI=1S/C52H32N2O/c1-2-11-35(12-3-1)40-19-9-21-46-47-22-10-20-41(52(47)55-51(40)46)36-27-23-33(24-28-36)38-13-8-14-39(31-38)34-25-29-37(30-26-34)48-32-53-49-44-17-6-4-15-42(44)43-16-5-7-18-45(43)50(49)54-48/h1-32H. The summed E-state index contributed by atoms with van der Waals surface area (Å²) in [6, 6.07) is 66.5. The highest BCUT2D eigenvalue weighted by Crippen LogP contribution is 2.40. The fraction of sp³-hybridized carbons (Fsp3) is 0. The maximum Gasteiger partial charge on any atom is 0.143 e. The Bertz CT molecular complexity index is 3200. The summed E-state index contributed by atoms with van der Waals surface area (Å²) in [6.07, 6.45) is 1.90. The lowest BCUT2D eigenvalue weighted by Gasteiger charge is -2.11. The van der Waals surface area contributed by atoms with Gasteiger partial charge in [-0.15, -0.1) is 0 Å². The third-order valence-corrected chi connectivity index (χ3v) is 10.9. The summed E-state index contributed by atoms with van der Waals surface area (Å²) in [4.78, 5) is 10.1. The molecule has 2 heterocycles. The molecule has 0 saturated heterocycles. The van der Waals surface area contributed by atoms with E-state index < -0.39 is 0 Å². The Kier molecular flexibility index (Phi) is 7.17. The Balaban J connectivity index is 0.899. The molecule has 0 radical (unpaired) electrons. The third-order valence-electron chi connectivity index (χ3n) is 10.9. The molecule has 0 N–H and O–H groups in total. The molecule has 0 bridgehead atoms. The highest BCUT2D eigenvalue weighted by molar-refractivity contribution is 6.23. The fourth-order valence-corrected chi connectivity index (χ4v) is 8.21. The van der Waals surface area contributed by atoms with Crippen LogP contribution in [0.5, 0.6) is 0 Å². The third kappa shape index (κ3) is 5.20. The largest absolute Gasteiger partial charge is 0.455 e. The molecule has 0 aliphatic carbocycles. The summed E-state index contributed by atoms with van der Waals surface area (Å²) in [5.41, 5.74) is 14.7. The fourth-order valence-electron chi connectivity index (χ4n) is 8.21. The number of hydrogen-bond donors (Lipinski definition) is 0. The van der Waals surface area contributed by atoms with E-state index in [0.29, 0.717) is 0 Å². The van der Waals surface area contributed by atoms with E-state index in [9.17, 15) is 0 Å². The summed E-state index contributed by atoms with van der Waals surface area (Å²) in [6.45, 7) is 0. The number of para-hydroxylation sites is 2. The monoisotopic (exact) mass is 700 g/mol. The minimum Gasteiger partial charge on any atom is -0.455 e. The first-order valence-electron chi connectivity index (χ1n) is 18.6. The molecule has 0 fully saturated rings. The van der Waals surface area contributed by atoms with Gasteiger partial charge in [0.05, 0.1) is 22.9 Å². The molecule has 0 spiro atoms. The summed E-state index contributed by atoms with van der Waals surface area (Å²) >= 11 is 0. The van der Waals surface area contributed by atoms with Crippen LogP contribution in [0.3, 0.4) is 0 Å². The summed E-state index contributed by atoms with van der Waals surface area (Å²) in [5.74, 6) is 0. The van der Waals surface area contributed by atoms with Crippen molar-refractivity contribution in [3.05, 3.63) is 194 Å². The first-order valence-corrected chi connectivity index (χ1v) is 18.6. The molecule has 3 nitrogen and oxygen atoms in total. The van der Waals surface area contributed by atoms with Crippen molar-refractivity contribution in [1.29, 1.82) is 0 Å². The van der Waals surface area contributed by atoms with Crippen molar-refractivity contribution in [1.82, 2.24) is 9.97 Å². The smallest absolute Gasteiger partial charge is 0.143 e. The van der Waals surface area contributed by atoms with Gasteiger partial charge in [-0.3, -0.25) is 4.98 Å². The SMILES string of the molecule is c1ccc(-c2cccc3c2oc2c(-c4ccc(-c5cccc(-c6ccc(-c7cnc8c9ccccc9c9ccccc9c8n7)cc6)c5)cc4)cccc23)cc1. The highest BCUT2D eigenvalue weighted by atomic mass is 16.3. The number of benzene rings is 9. The van der Waals surface area contributed by atoms with Crippen molar-refractivity contribution in [3.8, 4) is 55.8 Å². The zero-order valence-electron chi connectivity index (χ0n) is 29.8. The summed E-state index contributed by atoms with van der Waals surface area (Å²) < 4.78 is 6.68. The van der Waals surface area contributed by atoms with E-state index in [1.54, 1.807) is 0 Å². The van der Waals surface area contributed by atoms with Crippen LogP contribution in [0.25, 0.3) is 110 Å². The second-order valence-corrected chi connectivity index (χ2v) is 14.1. The van der Waals surface area contributed by atoms with Crippen molar-refractivity contribution in [2.24, 2.45) is 0 Å². The average Bonchev–Trinajstić information content (AvgIpc) is 3.66. The Morgan fingerprint density at radius 3 is 1.35 bits per heavy atom. The van der Waals surface area contributed by atoms with E-state index in [2.05, 4.69) is 182 Å². The molecule has 0 unspecified atom stereocenters. The lowest BCUT2D eigenvalue weighted by molar-refractivity contribution is 0.671. The van der Waals surface area contributed by atoms with Gasteiger partial charge >= 0.3 is 0 Å². The van der Waals surface area contributed by atoms with Crippen LogP contribution in [0.4, 0.5) is 0 Å². The molecule has 11 aromatic rings. The van der Waals surface area contributed by atoms with E-state index in [4.69, 9.17) is 14.4 Å². The van der Waals surface area contributed by atoms with Gasteiger partial charge in [0.25, 0.3) is 0 Å². The second kappa shape index (κ2) is 12.6. The predicted molar refractivity (Wildman–Crippen MR) is 229 cm³/mol. The van der Waals surface area contributed by atoms with Crippen LogP contribution in [0, 0.1) is 0 Å².